The van der Waals surface area contributed by atoms with Crippen LogP contribution in [0.1, 0.15) is 36.7 Å². The fourth-order valence-corrected chi connectivity index (χ4v) is 4.77. The summed E-state index contributed by atoms with van der Waals surface area (Å²) >= 11 is 0. The third-order valence-electron chi connectivity index (χ3n) is 6.31. The monoisotopic (exact) mass is 446 g/mol. The zero-order valence-electron chi connectivity index (χ0n) is 19.3. The number of fused-ring (bicyclic) bond motifs is 1. The average Bonchev–Trinajstić information content (AvgIpc) is 3.25. The summed E-state index contributed by atoms with van der Waals surface area (Å²) in [7, 11) is 1.91. The second kappa shape index (κ2) is 9.31. The van der Waals surface area contributed by atoms with Gasteiger partial charge in [-0.25, -0.2) is 9.97 Å². The Morgan fingerprint density at radius 3 is 2.76 bits per heavy atom. The van der Waals surface area contributed by atoms with E-state index in [-0.39, 0.29) is 12.1 Å². The Bertz CT molecular complexity index is 1130. The number of hydrogen-bond acceptors (Lipinski definition) is 7. The molecule has 2 aromatic heterocycles. The SMILES string of the molecule is CC(=O)OC1CCCN(c2nc3c(nc2-c2cnn(C)c2)CN(Cc2ccccc2)CC3)C1. The molecule has 0 N–H and O–H groups in total. The first kappa shape index (κ1) is 21.6. The number of esters is 1. The third-order valence-corrected chi connectivity index (χ3v) is 6.31. The van der Waals surface area contributed by atoms with Gasteiger partial charge in [-0.05, 0) is 18.4 Å². The summed E-state index contributed by atoms with van der Waals surface area (Å²) in [5, 5.41) is 4.37. The lowest BCUT2D eigenvalue weighted by Crippen LogP contribution is -2.41. The highest BCUT2D eigenvalue weighted by molar-refractivity contribution is 5.72. The normalized spacial score (nSPS) is 18.7. The molecule has 1 atom stereocenters. The molecule has 1 unspecified atom stereocenters. The maximum atomic E-state index is 11.5. The van der Waals surface area contributed by atoms with E-state index in [1.807, 2.05) is 19.4 Å². The minimum absolute atomic E-state index is 0.114. The number of nitrogens with zero attached hydrogens (tertiary/aromatic N) is 6. The lowest BCUT2D eigenvalue weighted by molar-refractivity contribution is -0.146. The Morgan fingerprint density at radius 1 is 1.15 bits per heavy atom. The zero-order valence-corrected chi connectivity index (χ0v) is 19.3. The molecule has 0 saturated carbocycles. The van der Waals surface area contributed by atoms with Crippen molar-refractivity contribution in [3.63, 3.8) is 0 Å². The van der Waals surface area contributed by atoms with Crippen molar-refractivity contribution < 1.29 is 9.53 Å². The highest BCUT2D eigenvalue weighted by Crippen LogP contribution is 2.32. The molecule has 3 aromatic rings. The van der Waals surface area contributed by atoms with Crippen LogP contribution in [0.3, 0.4) is 0 Å². The molecule has 2 aliphatic rings. The Labute approximate surface area is 194 Å². The van der Waals surface area contributed by atoms with E-state index in [4.69, 9.17) is 14.7 Å². The van der Waals surface area contributed by atoms with E-state index in [0.29, 0.717) is 6.54 Å². The van der Waals surface area contributed by atoms with Crippen LogP contribution in [0.25, 0.3) is 11.3 Å². The molecule has 172 valence electrons. The molecular weight excluding hydrogens is 416 g/mol. The van der Waals surface area contributed by atoms with Gasteiger partial charge in [-0.15, -0.1) is 0 Å². The molecule has 2 aliphatic heterocycles. The van der Waals surface area contributed by atoms with Crippen LogP contribution >= 0.6 is 0 Å². The van der Waals surface area contributed by atoms with Crippen LogP contribution in [0, 0.1) is 0 Å². The van der Waals surface area contributed by atoms with Crippen molar-refractivity contribution in [1.29, 1.82) is 0 Å². The number of anilines is 1. The van der Waals surface area contributed by atoms with Gasteiger partial charge in [0.05, 0.1) is 24.1 Å². The Balaban J connectivity index is 1.45. The summed E-state index contributed by atoms with van der Waals surface area (Å²) in [6.45, 7) is 5.63. The fraction of sp³-hybridized carbons (Fsp3) is 0.440. The summed E-state index contributed by atoms with van der Waals surface area (Å²) in [5.74, 6) is 0.638. The van der Waals surface area contributed by atoms with E-state index >= 15 is 0 Å². The van der Waals surface area contributed by atoms with Crippen molar-refractivity contribution >= 4 is 11.8 Å². The zero-order chi connectivity index (χ0) is 22.8. The van der Waals surface area contributed by atoms with Crippen LogP contribution in [0.15, 0.2) is 42.7 Å². The summed E-state index contributed by atoms with van der Waals surface area (Å²) in [6, 6.07) is 10.6. The summed E-state index contributed by atoms with van der Waals surface area (Å²) < 4.78 is 7.32. The molecule has 5 rings (SSSR count). The Hall–Kier alpha value is -3.26. The molecule has 4 heterocycles. The van der Waals surface area contributed by atoms with Gasteiger partial charge in [0.25, 0.3) is 0 Å². The van der Waals surface area contributed by atoms with Gasteiger partial charge < -0.3 is 9.64 Å². The van der Waals surface area contributed by atoms with Crippen molar-refractivity contribution in [2.24, 2.45) is 7.05 Å². The van der Waals surface area contributed by atoms with Gasteiger partial charge in [-0.1, -0.05) is 30.3 Å². The minimum atomic E-state index is -0.232. The lowest BCUT2D eigenvalue weighted by Gasteiger charge is -2.35. The van der Waals surface area contributed by atoms with Crippen LogP contribution in [0.5, 0.6) is 0 Å². The Kier molecular flexibility index (Phi) is 6.09. The molecule has 8 nitrogen and oxygen atoms in total. The number of carbonyl (C=O) groups is 1. The van der Waals surface area contributed by atoms with Gasteiger partial charge in [0.15, 0.2) is 5.82 Å². The summed E-state index contributed by atoms with van der Waals surface area (Å²) in [4.78, 5) is 26.4. The molecule has 8 heteroatoms. The van der Waals surface area contributed by atoms with Gasteiger partial charge in [0.1, 0.15) is 11.8 Å². The predicted octanol–water partition coefficient (Wildman–Crippen LogP) is 2.97. The van der Waals surface area contributed by atoms with Gasteiger partial charge in [-0.2, -0.15) is 5.10 Å². The molecular formula is C25H30N6O2. The van der Waals surface area contributed by atoms with Crippen molar-refractivity contribution in [2.45, 2.75) is 45.4 Å². The first-order chi connectivity index (χ1) is 16.0. The number of piperidine rings is 1. The second-order valence-electron chi connectivity index (χ2n) is 8.96. The van der Waals surface area contributed by atoms with Crippen LogP contribution in [-0.2, 0) is 36.1 Å². The predicted molar refractivity (Wildman–Crippen MR) is 125 cm³/mol. The molecule has 1 fully saturated rings. The molecule has 0 bridgehead atoms. The minimum Gasteiger partial charge on any atom is -0.461 e. The number of benzene rings is 1. The smallest absolute Gasteiger partial charge is 0.302 e. The average molecular weight is 447 g/mol. The van der Waals surface area contributed by atoms with E-state index < -0.39 is 0 Å². The van der Waals surface area contributed by atoms with Gasteiger partial charge in [0.2, 0.25) is 0 Å². The number of ether oxygens (including phenoxy) is 1. The lowest BCUT2D eigenvalue weighted by atomic mass is 10.1. The van der Waals surface area contributed by atoms with Crippen LogP contribution in [0.4, 0.5) is 5.82 Å². The largest absolute Gasteiger partial charge is 0.461 e. The summed E-state index contributed by atoms with van der Waals surface area (Å²) in [5.41, 5.74) is 5.22. The number of rotatable bonds is 5. The van der Waals surface area contributed by atoms with E-state index in [2.05, 4.69) is 45.2 Å². The van der Waals surface area contributed by atoms with E-state index in [1.165, 1.54) is 12.5 Å². The van der Waals surface area contributed by atoms with Crippen molar-refractivity contribution in [3.05, 3.63) is 59.7 Å². The van der Waals surface area contributed by atoms with E-state index in [1.54, 1.807) is 4.68 Å². The van der Waals surface area contributed by atoms with Crippen molar-refractivity contribution in [1.82, 2.24) is 24.6 Å². The van der Waals surface area contributed by atoms with Crippen LogP contribution in [0.2, 0.25) is 0 Å². The maximum Gasteiger partial charge on any atom is 0.302 e. The number of aromatic nitrogens is 4. The summed E-state index contributed by atoms with van der Waals surface area (Å²) in [6.07, 6.45) is 6.42. The highest BCUT2D eigenvalue weighted by atomic mass is 16.5. The number of aryl methyl sites for hydroxylation is 1. The number of carbonyl (C=O) groups excluding carboxylic acids is 1. The molecule has 1 aromatic carbocycles. The molecule has 0 radical (unpaired) electrons. The van der Waals surface area contributed by atoms with Crippen LogP contribution < -0.4 is 4.90 Å². The molecule has 0 spiro atoms. The van der Waals surface area contributed by atoms with E-state index in [0.717, 1.165) is 73.9 Å². The maximum absolute atomic E-state index is 11.5. The van der Waals surface area contributed by atoms with Crippen molar-refractivity contribution in [2.75, 3.05) is 24.5 Å². The standard InChI is InChI=1S/C25H30N6O2/c1-18(32)33-21-9-6-11-31(16-21)25-24(20-13-26-29(2)15-20)27-23-17-30(12-10-22(23)28-25)14-19-7-4-3-5-8-19/h3-5,7-8,13,15,21H,6,9-12,14,16-17H2,1-2H3. The quantitative estimate of drug-likeness (QED) is 0.558. The molecule has 0 amide bonds. The highest BCUT2D eigenvalue weighted by Gasteiger charge is 2.29. The molecule has 0 aliphatic carbocycles. The topological polar surface area (TPSA) is 76.4 Å². The second-order valence-corrected chi connectivity index (χ2v) is 8.96. The Morgan fingerprint density at radius 2 is 2.00 bits per heavy atom. The first-order valence-electron chi connectivity index (χ1n) is 11.6. The van der Waals surface area contributed by atoms with Gasteiger partial charge in [0, 0.05) is 58.3 Å². The van der Waals surface area contributed by atoms with E-state index in [9.17, 15) is 4.79 Å². The van der Waals surface area contributed by atoms with Crippen LogP contribution in [-0.4, -0.2) is 56.4 Å². The van der Waals surface area contributed by atoms with Gasteiger partial charge >= 0.3 is 5.97 Å². The molecule has 1 saturated heterocycles. The first-order valence-corrected chi connectivity index (χ1v) is 11.6. The third kappa shape index (κ3) is 4.90. The van der Waals surface area contributed by atoms with Gasteiger partial charge in [-0.3, -0.25) is 14.4 Å². The number of hydrogen-bond donors (Lipinski definition) is 0. The fourth-order valence-electron chi connectivity index (χ4n) is 4.77. The van der Waals surface area contributed by atoms with Crippen molar-refractivity contribution in [3.8, 4) is 11.3 Å². The molecule has 33 heavy (non-hydrogen) atoms.